The van der Waals surface area contributed by atoms with Gasteiger partial charge in [0.15, 0.2) is 0 Å². The van der Waals surface area contributed by atoms with Gasteiger partial charge in [-0.2, -0.15) is 0 Å². The second kappa shape index (κ2) is 8.75. The molecule has 0 unspecified atom stereocenters. The van der Waals surface area contributed by atoms with Crippen LogP contribution in [0.15, 0.2) is 47.1 Å². The molecule has 0 bridgehead atoms. The van der Waals surface area contributed by atoms with Gasteiger partial charge in [-0.05, 0) is 42.8 Å². The van der Waals surface area contributed by atoms with Gasteiger partial charge in [-0.25, -0.2) is 4.79 Å². The fraction of sp³-hybridized carbons (Fsp3) is 0.294. The number of hydrogen-bond donors (Lipinski definition) is 2. The Morgan fingerprint density at radius 3 is 2.61 bits per heavy atom. The summed E-state index contributed by atoms with van der Waals surface area (Å²) in [5.74, 6) is 0.246. The zero-order chi connectivity index (χ0) is 16.5. The molecule has 2 aromatic rings. The van der Waals surface area contributed by atoms with Gasteiger partial charge in [-0.15, -0.1) is 0 Å². The average molecular weight is 316 g/mol. The molecule has 0 spiro atoms. The summed E-state index contributed by atoms with van der Waals surface area (Å²) < 4.78 is 10.2. The number of nitrogens with one attached hydrogen (secondary N) is 2. The maximum Gasteiger partial charge on any atom is 0.338 e. The van der Waals surface area contributed by atoms with E-state index in [-0.39, 0.29) is 18.4 Å². The lowest BCUT2D eigenvalue weighted by molar-refractivity contribution is -0.115. The number of furan rings is 1. The normalized spacial score (nSPS) is 10.3. The first-order valence-corrected chi connectivity index (χ1v) is 7.49. The molecule has 1 amide bonds. The van der Waals surface area contributed by atoms with Crippen LogP contribution < -0.4 is 10.6 Å². The minimum atomic E-state index is -0.357. The minimum absolute atomic E-state index is 0.168. The van der Waals surface area contributed by atoms with Crippen molar-refractivity contribution in [3.63, 3.8) is 0 Å². The highest BCUT2D eigenvalue weighted by atomic mass is 16.5. The van der Waals surface area contributed by atoms with Crippen LogP contribution in [0.3, 0.4) is 0 Å². The van der Waals surface area contributed by atoms with Crippen molar-refractivity contribution < 1.29 is 18.7 Å². The summed E-state index contributed by atoms with van der Waals surface area (Å²) in [4.78, 5) is 23.5. The Balaban J connectivity index is 1.76. The van der Waals surface area contributed by atoms with Gasteiger partial charge in [0.2, 0.25) is 5.91 Å². The predicted octanol–water partition coefficient (Wildman–Crippen LogP) is 2.57. The van der Waals surface area contributed by atoms with E-state index in [0.29, 0.717) is 24.4 Å². The molecule has 6 nitrogen and oxygen atoms in total. The van der Waals surface area contributed by atoms with Crippen LogP contribution in [0.4, 0.5) is 5.69 Å². The summed E-state index contributed by atoms with van der Waals surface area (Å²) in [6.07, 6.45) is 2.37. The molecule has 0 aliphatic carbocycles. The van der Waals surface area contributed by atoms with Crippen LogP contribution in [0, 0.1) is 0 Å². The third kappa shape index (κ3) is 5.60. The average Bonchev–Trinajstić information content (AvgIpc) is 3.06. The molecular weight excluding hydrogens is 296 g/mol. The number of hydrogen-bond acceptors (Lipinski definition) is 5. The molecule has 0 fully saturated rings. The van der Waals surface area contributed by atoms with Gasteiger partial charge in [0.1, 0.15) is 5.76 Å². The molecule has 23 heavy (non-hydrogen) atoms. The molecule has 0 saturated carbocycles. The van der Waals surface area contributed by atoms with Crippen molar-refractivity contribution in [3.05, 3.63) is 54.0 Å². The number of benzene rings is 1. The van der Waals surface area contributed by atoms with Gasteiger partial charge >= 0.3 is 5.97 Å². The molecular formula is C17H20N2O4. The Morgan fingerprint density at radius 2 is 1.96 bits per heavy atom. The Morgan fingerprint density at radius 1 is 1.17 bits per heavy atom. The summed E-state index contributed by atoms with van der Waals surface area (Å²) in [5, 5.41) is 5.73. The van der Waals surface area contributed by atoms with E-state index in [1.165, 1.54) is 0 Å². The van der Waals surface area contributed by atoms with Gasteiger partial charge in [0.05, 0.1) is 31.5 Å². The molecule has 0 aliphatic rings. The number of amides is 1. The molecule has 1 aromatic carbocycles. The lowest BCUT2D eigenvalue weighted by Gasteiger charge is -2.07. The van der Waals surface area contributed by atoms with E-state index in [1.54, 1.807) is 36.6 Å². The second-order valence-electron chi connectivity index (χ2n) is 4.94. The number of rotatable bonds is 8. The summed E-state index contributed by atoms with van der Waals surface area (Å²) in [7, 11) is 0. The highest BCUT2D eigenvalue weighted by Gasteiger charge is 2.07. The first kappa shape index (κ1) is 16.8. The number of anilines is 1. The largest absolute Gasteiger partial charge is 0.468 e. The van der Waals surface area contributed by atoms with Crippen LogP contribution in [0.25, 0.3) is 0 Å². The first-order chi connectivity index (χ1) is 11.2. The van der Waals surface area contributed by atoms with E-state index in [9.17, 15) is 9.59 Å². The van der Waals surface area contributed by atoms with Gasteiger partial charge in [0.25, 0.3) is 0 Å². The fourth-order valence-electron chi connectivity index (χ4n) is 1.89. The van der Waals surface area contributed by atoms with Crippen LogP contribution in [0.5, 0.6) is 0 Å². The monoisotopic (exact) mass is 316 g/mol. The van der Waals surface area contributed by atoms with E-state index in [0.717, 1.165) is 12.2 Å². The van der Waals surface area contributed by atoms with Crippen LogP contribution in [-0.2, 0) is 16.1 Å². The lowest BCUT2D eigenvalue weighted by atomic mass is 10.2. The van der Waals surface area contributed by atoms with Crippen molar-refractivity contribution >= 4 is 17.6 Å². The summed E-state index contributed by atoms with van der Waals surface area (Å²) in [6.45, 7) is 2.99. The summed E-state index contributed by atoms with van der Waals surface area (Å²) >= 11 is 0. The second-order valence-corrected chi connectivity index (χ2v) is 4.94. The summed E-state index contributed by atoms with van der Waals surface area (Å²) in [5.41, 5.74) is 1.09. The lowest BCUT2D eigenvalue weighted by Crippen LogP contribution is -2.27. The van der Waals surface area contributed by atoms with Crippen LogP contribution in [0.2, 0.25) is 0 Å². The molecule has 0 atom stereocenters. The van der Waals surface area contributed by atoms with Crippen molar-refractivity contribution in [2.45, 2.75) is 19.9 Å². The molecule has 0 aliphatic heterocycles. The zero-order valence-electron chi connectivity index (χ0n) is 13.0. The van der Waals surface area contributed by atoms with Crippen LogP contribution in [0.1, 0.15) is 29.5 Å². The van der Waals surface area contributed by atoms with E-state index in [1.807, 2.05) is 13.0 Å². The van der Waals surface area contributed by atoms with Gasteiger partial charge in [-0.1, -0.05) is 6.92 Å². The third-order valence-electron chi connectivity index (χ3n) is 3.01. The molecule has 6 heteroatoms. The van der Waals surface area contributed by atoms with Crippen molar-refractivity contribution in [3.8, 4) is 0 Å². The zero-order valence-corrected chi connectivity index (χ0v) is 13.0. The maximum atomic E-state index is 11.8. The summed E-state index contributed by atoms with van der Waals surface area (Å²) in [6, 6.07) is 10.2. The Kier molecular flexibility index (Phi) is 6.38. The van der Waals surface area contributed by atoms with Crippen molar-refractivity contribution in [2.75, 3.05) is 18.5 Å². The molecule has 2 N–H and O–H groups in total. The topological polar surface area (TPSA) is 80.6 Å². The van der Waals surface area contributed by atoms with Crippen LogP contribution in [-0.4, -0.2) is 25.0 Å². The Labute approximate surface area is 134 Å². The smallest absolute Gasteiger partial charge is 0.338 e. The molecule has 122 valence electrons. The van der Waals surface area contributed by atoms with E-state index >= 15 is 0 Å². The Bertz CT molecular complexity index is 621. The number of ether oxygens (including phenoxy) is 1. The quantitative estimate of drug-likeness (QED) is 0.732. The first-order valence-electron chi connectivity index (χ1n) is 7.49. The molecule has 0 saturated heterocycles. The van der Waals surface area contributed by atoms with E-state index in [2.05, 4.69) is 10.6 Å². The third-order valence-corrected chi connectivity index (χ3v) is 3.01. The number of carbonyl (C=O) groups is 2. The van der Waals surface area contributed by atoms with Gasteiger partial charge in [0, 0.05) is 5.69 Å². The molecule has 1 heterocycles. The highest BCUT2D eigenvalue weighted by molar-refractivity contribution is 5.93. The van der Waals surface area contributed by atoms with Crippen molar-refractivity contribution in [2.24, 2.45) is 0 Å². The molecule has 1 aromatic heterocycles. The van der Waals surface area contributed by atoms with Crippen molar-refractivity contribution in [1.82, 2.24) is 5.32 Å². The van der Waals surface area contributed by atoms with Crippen LogP contribution >= 0.6 is 0 Å². The van der Waals surface area contributed by atoms with Gasteiger partial charge in [-0.3, -0.25) is 4.79 Å². The number of carbonyl (C=O) groups excluding carboxylic acids is 2. The maximum absolute atomic E-state index is 11.8. The fourth-order valence-corrected chi connectivity index (χ4v) is 1.89. The van der Waals surface area contributed by atoms with Crippen molar-refractivity contribution in [1.29, 1.82) is 0 Å². The molecule has 2 rings (SSSR count). The van der Waals surface area contributed by atoms with E-state index < -0.39 is 0 Å². The highest BCUT2D eigenvalue weighted by Crippen LogP contribution is 2.10. The Hall–Kier alpha value is -2.60. The minimum Gasteiger partial charge on any atom is -0.468 e. The SMILES string of the molecule is CCCOC(=O)c1ccc(NC(=O)CNCc2ccco2)cc1. The van der Waals surface area contributed by atoms with E-state index in [4.69, 9.17) is 9.15 Å². The van der Waals surface area contributed by atoms with Gasteiger partial charge < -0.3 is 19.8 Å². The number of esters is 1. The predicted molar refractivity (Wildman–Crippen MR) is 86.1 cm³/mol. The standard InChI is InChI=1S/C17H20N2O4/c1-2-9-23-17(21)13-5-7-14(8-6-13)19-16(20)12-18-11-15-4-3-10-22-15/h3-8,10,18H,2,9,11-12H2,1H3,(H,19,20). The molecule has 0 radical (unpaired) electrons.